The molecule has 0 aliphatic heterocycles. The number of halogens is 3. The molecular weight excluding hydrogens is 324 g/mol. The van der Waals surface area contributed by atoms with Gasteiger partial charge in [-0.1, -0.05) is 38.8 Å². The quantitative estimate of drug-likeness (QED) is 0.867. The lowest BCUT2D eigenvalue weighted by Crippen LogP contribution is -2.02. The number of hydrogen-bond acceptors (Lipinski definition) is 3. The van der Waals surface area contributed by atoms with E-state index in [0.717, 1.165) is 0 Å². The molecule has 0 radical (unpaired) electrons. The van der Waals surface area contributed by atoms with E-state index in [1.54, 1.807) is 13.0 Å². The van der Waals surface area contributed by atoms with E-state index in [1.807, 2.05) is 0 Å². The number of aryl methyl sites for hydroxylation is 1. The van der Waals surface area contributed by atoms with Crippen LogP contribution in [0.5, 0.6) is 0 Å². The highest BCUT2D eigenvalue weighted by atomic mass is 79.9. The van der Waals surface area contributed by atoms with Gasteiger partial charge in [-0.25, -0.2) is 4.39 Å². The first-order chi connectivity index (χ1) is 8.56. The zero-order valence-electron chi connectivity index (χ0n) is 9.45. The number of alkyl halides is 1. The molecule has 6 heteroatoms. The number of rotatable bonds is 3. The van der Waals surface area contributed by atoms with Crippen LogP contribution in [0.4, 0.5) is 4.39 Å². The topological polar surface area (TPSA) is 46.3 Å². The average molecular weight is 335 g/mol. The minimum Gasteiger partial charge on any atom is -0.387 e. The third-order valence-corrected chi connectivity index (χ3v) is 3.52. The predicted molar refractivity (Wildman–Crippen MR) is 70.4 cm³/mol. The molecule has 1 heterocycles. The van der Waals surface area contributed by atoms with Gasteiger partial charge in [-0.2, -0.15) is 0 Å². The number of hydrogen-bond donors (Lipinski definition) is 1. The Morgan fingerprint density at radius 2 is 2.28 bits per heavy atom. The van der Waals surface area contributed by atoms with Gasteiger partial charge in [0.1, 0.15) is 17.3 Å². The van der Waals surface area contributed by atoms with Crippen molar-refractivity contribution in [3.63, 3.8) is 0 Å². The number of aromatic nitrogens is 1. The van der Waals surface area contributed by atoms with Crippen LogP contribution in [-0.4, -0.2) is 15.6 Å². The highest BCUT2D eigenvalue weighted by Gasteiger charge is 2.24. The normalized spacial score (nSPS) is 12.7. The average Bonchev–Trinajstić information content (AvgIpc) is 2.70. The Labute approximate surface area is 117 Å². The molecule has 0 saturated heterocycles. The zero-order valence-corrected chi connectivity index (χ0v) is 11.8. The second kappa shape index (κ2) is 5.38. The highest BCUT2D eigenvalue weighted by molar-refractivity contribution is 9.09. The van der Waals surface area contributed by atoms with Crippen LogP contribution in [0.25, 0.3) is 11.3 Å². The van der Waals surface area contributed by atoms with Crippen molar-refractivity contribution >= 4 is 27.5 Å². The smallest absolute Gasteiger partial charge is 0.140 e. The fourth-order valence-corrected chi connectivity index (χ4v) is 2.33. The van der Waals surface area contributed by atoms with Gasteiger partial charge in [0.05, 0.1) is 22.3 Å². The lowest BCUT2D eigenvalue weighted by atomic mass is 10.0. The van der Waals surface area contributed by atoms with Gasteiger partial charge >= 0.3 is 0 Å². The van der Waals surface area contributed by atoms with E-state index < -0.39 is 11.9 Å². The molecule has 0 bridgehead atoms. The van der Waals surface area contributed by atoms with E-state index in [4.69, 9.17) is 16.1 Å². The minimum atomic E-state index is -0.832. The third kappa shape index (κ3) is 2.30. The second-order valence-corrected chi connectivity index (χ2v) is 4.82. The maximum atomic E-state index is 13.8. The summed E-state index contributed by atoms with van der Waals surface area (Å²) in [6.07, 6.45) is -0.832. The Bertz CT molecular complexity index is 553. The van der Waals surface area contributed by atoms with E-state index in [9.17, 15) is 9.50 Å². The molecule has 18 heavy (non-hydrogen) atoms. The summed E-state index contributed by atoms with van der Waals surface area (Å²) in [5.41, 5.74) is 0.826. The molecule has 0 aliphatic rings. The standard InChI is InChI=1S/C12H10BrClFNO2/c1-6-10(9(17)5-13)12(16-18-6)11-7(14)3-2-4-8(11)15/h2-4,9,17H,5H2,1H3. The van der Waals surface area contributed by atoms with Crippen LogP contribution >= 0.6 is 27.5 Å². The lowest BCUT2D eigenvalue weighted by molar-refractivity contribution is 0.203. The molecule has 2 aromatic rings. The van der Waals surface area contributed by atoms with Crippen LogP contribution in [0.1, 0.15) is 17.4 Å². The summed E-state index contributed by atoms with van der Waals surface area (Å²) in [5.74, 6) is -0.0601. The summed E-state index contributed by atoms with van der Waals surface area (Å²) >= 11 is 9.15. The summed E-state index contributed by atoms with van der Waals surface area (Å²) in [7, 11) is 0. The maximum Gasteiger partial charge on any atom is 0.140 e. The van der Waals surface area contributed by atoms with Crippen LogP contribution in [-0.2, 0) is 0 Å². The first-order valence-corrected chi connectivity index (χ1v) is 6.70. The van der Waals surface area contributed by atoms with Gasteiger partial charge in [-0.3, -0.25) is 0 Å². The molecule has 0 amide bonds. The van der Waals surface area contributed by atoms with Crippen molar-refractivity contribution in [2.45, 2.75) is 13.0 Å². The Morgan fingerprint density at radius 1 is 1.56 bits per heavy atom. The van der Waals surface area contributed by atoms with Gasteiger partial charge in [-0.15, -0.1) is 0 Å². The van der Waals surface area contributed by atoms with E-state index >= 15 is 0 Å². The molecule has 1 aromatic heterocycles. The summed E-state index contributed by atoms with van der Waals surface area (Å²) < 4.78 is 18.9. The van der Waals surface area contributed by atoms with Gasteiger partial charge in [0.25, 0.3) is 0 Å². The molecule has 1 atom stereocenters. The summed E-state index contributed by atoms with van der Waals surface area (Å²) in [4.78, 5) is 0. The predicted octanol–water partition coefficient (Wildman–Crippen LogP) is 3.87. The fraction of sp³-hybridized carbons (Fsp3) is 0.250. The van der Waals surface area contributed by atoms with Gasteiger partial charge in [0, 0.05) is 5.33 Å². The van der Waals surface area contributed by atoms with E-state index in [0.29, 0.717) is 16.7 Å². The fourth-order valence-electron chi connectivity index (χ4n) is 1.75. The monoisotopic (exact) mass is 333 g/mol. The van der Waals surface area contributed by atoms with E-state index in [-0.39, 0.29) is 16.3 Å². The molecule has 1 N–H and O–H groups in total. The van der Waals surface area contributed by atoms with Crippen molar-refractivity contribution in [3.05, 3.63) is 40.4 Å². The number of aliphatic hydroxyl groups is 1. The Kier molecular flexibility index (Phi) is 4.04. The largest absolute Gasteiger partial charge is 0.387 e. The summed E-state index contributed by atoms with van der Waals surface area (Å²) in [5, 5.41) is 14.2. The van der Waals surface area contributed by atoms with Crippen molar-refractivity contribution < 1.29 is 14.0 Å². The van der Waals surface area contributed by atoms with Crippen molar-refractivity contribution in [1.29, 1.82) is 0 Å². The molecule has 0 spiro atoms. The SMILES string of the molecule is Cc1onc(-c2c(F)cccc2Cl)c1C(O)CBr. The van der Waals surface area contributed by atoms with Crippen LogP contribution in [0, 0.1) is 12.7 Å². The first-order valence-electron chi connectivity index (χ1n) is 5.20. The van der Waals surface area contributed by atoms with E-state index in [1.165, 1.54) is 12.1 Å². The number of aliphatic hydroxyl groups excluding tert-OH is 1. The van der Waals surface area contributed by atoms with Gasteiger partial charge in [0.15, 0.2) is 0 Å². The van der Waals surface area contributed by atoms with Crippen molar-refractivity contribution in [2.24, 2.45) is 0 Å². The van der Waals surface area contributed by atoms with Crippen molar-refractivity contribution in [1.82, 2.24) is 5.16 Å². The number of benzene rings is 1. The number of nitrogens with zero attached hydrogens (tertiary/aromatic N) is 1. The Balaban J connectivity index is 2.65. The molecular formula is C12H10BrClFNO2. The van der Waals surface area contributed by atoms with Crippen LogP contribution in [0.2, 0.25) is 5.02 Å². The van der Waals surface area contributed by atoms with Gasteiger partial charge in [-0.05, 0) is 19.1 Å². The van der Waals surface area contributed by atoms with E-state index in [2.05, 4.69) is 21.1 Å². The Hall–Kier alpha value is -0.910. The summed E-state index contributed by atoms with van der Waals surface area (Å²) in [6.45, 7) is 1.66. The maximum absolute atomic E-state index is 13.8. The van der Waals surface area contributed by atoms with Crippen LogP contribution in [0.3, 0.4) is 0 Å². The molecule has 0 fully saturated rings. The molecule has 0 aliphatic carbocycles. The zero-order chi connectivity index (χ0) is 13.3. The third-order valence-electron chi connectivity index (χ3n) is 2.59. The molecule has 1 aromatic carbocycles. The molecule has 0 saturated carbocycles. The van der Waals surface area contributed by atoms with Crippen molar-refractivity contribution in [3.8, 4) is 11.3 Å². The Morgan fingerprint density at radius 3 is 2.89 bits per heavy atom. The molecule has 2 rings (SSSR count). The molecule has 96 valence electrons. The minimum absolute atomic E-state index is 0.144. The van der Waals surface area contributed by atoms with Gasteiger partial charge in [0.2, 0.25) is 0 Å². The second-order valence-electron chi connectivity index (χ2n) is 3.77. The first kappa shape index (κ1) is 13.5. The van der Waals surface area contributed by atoms with Gasteiger partial charge < -0.3 is 9.63 Å². The van der Waals surface area contributed by atoms with Crippen LogP contribution < -0.4 is 0 Å². The lowest BCUT2D eigenvalue weighted by Gasteiger charge is -2.09. The van der Waals surface area contributed by atoms with Crippen LogP contribution in [0.15, 0.2) is 22.7 Å². The molecule has 3 nitrogen and oxygen atoms in total. The molecule has 1 unspecified atom stereocenters. The highest BCUT2D eigenvalue weighted by Crippen LogP contribution is 2.36. The van der Waals surface area contributed by atoms with Crippen molar-refractivity contribution in [2.75, 3.05) is 5.33 Å². The summed E-state index contributed by atoms with van der Waals surface area (Å²) in [6, 6.07) is 4.36.